The van der Waals surface area contributed by atoms with Crippen LogP contribution in [-0.2, 0) is 4.79 Å². The van der Waals surface area contributed by atoms with Crippen molar-refractivity contribution < 1.29 is 9.90 Å². The molecule has 0 aromatic carbocycles. The van der Waals surface area contributed by atoms with Crippen molar-refractivity contribution in [2.75, 3.05) is 31.2 Å². The molecule has 1 amide bonds. The number of piperidine rings is 1. The summed E-state index contributed by atoms with van der Waals surface area (Å²) < 4.78 is 0. The van der Waals surface area contributed by atoms with E-state index in [-0.39, 0.29) is 12.5 Å². The average molecular weight is 231 g/mol. The summed E-state index contributed by atoms with van der Waals surface area (Å²) in [7, 11) is 0. The van der Waals surface area contributed by atoms with Gasteiger partial charge in [0.15, 0.2) is 0 Å². The second kappa shape index (κ2) is 7.12. The maximum atomic E-state index is 11.7. The largest absolute Gasteiger partial charge is 0.396 e. The molecule has 0 aliphatic carbocycles. The number of hydrogen-bond acceptors (Lipinski definition) is 3. The number of nitrogens with zero attached hydrogens (tertiary/aromatic N) is 1. The van der Waals surface area contributed by atoms with Crippen molar-refractivity contribution in [1.29, 1.82) is 0 Å². The molecule has 1 aliphatic rings. The Balaban J connectivity index is 2.15. The summed E-state index contributed by atoms with van der Waals surface area (Å²) in [6.45, 7) is 4.30. The van der Waals surface area contributed by atoms with Gasteiger partial charge in [-0.1, -0.05) is 6.92 Å². The van der Waals surface area contributed by atoms with Gasteiger partial charge in [-0.25, -0.2) is 0 Å². The third-order valence-electron chi connectivity index (χ3n) is 2.68. The smallest absolute Gasteiger partial charge is 0.232 e. The van der Waals surface area contributed by atoms with Crippen molar-refractivity contribution in [2.24, 2.45) is 5.92 Å². The molecule has 88 valence electrons. The molecule has 0 saturated carbocycles. The van der Waals surface area contributed by atoms with Crippen molar-refractivity contribution in [1.82, 2.24) is 4.90 Å². The zero-order valence-corrected chi connectivity index (χ0v) is 10.3. The van der Waals surface area contributed by atoms with E-state index in [1.807, 2.05) is 4.90 Å². The number of carbonyl (C=O) groups excluding carboxylic acids is 1. The van der Waals surface area contributed by atoms with E-state index in [9.17, 15) is 4.79 Å². The summed E-state index contributed by atoms with van der Waals surface area (Å²) in [6.07, 6.45) is 3.18. The SMILES string of the molecule is CC1CCCN(C(=O)CSCCCO)C1. The number of carbonyl (C=O) groups is 1. The first-order chi connectivity index (χ1) is 7.24. The van der Waals surface area contributed by atoms with E-state index in [0.29, 0.717) is 11.7 Å². The second-order valence-corrected chi connectivity index (χ2v) is 5.32. The summed E-state index contributed by atoms with van der Waals surface area (Å²) in [5.74, 6) is 2.38. The van der Waals surface area contributed by atoms with E-state index in [0.717, 1.165) is 31.7 Å². The molecule has 1 atom stereocenters. The fourth-order valence-electron chi connectivity index (χ4n) is 1.83. The molecule has 1 fully saturated rings. The van der Waals surface area contributed by atoms with E-state index in [4.69, 9.17) is 5.11 Å². The molecule has 0 spiro atoms. The third-order valence-corrected chi connectivity index (χ3v) is 3.71. The first-order valence-corrected chi connectivity index (χ1v) is 6.86. The lowest BCUT2D eigenvalue weighted by Gasteiger charge is -2.30. The van der Waals surface area contributed by atoms with Crippen LogP contribution in [0.2, 0.25) is 0 Å². The first-order valence-electron chi connectivity index (χ1n) is 5.70. The van der Waals surface area contributed by atoms with Crippen LogP contribution in [0.3, 0.4) is 0 Å². The zero-order valence-electron chi connectivity index (χ0n) is 9.45. The Hall–Kier alpha value is -0.220. The van der Waals surface area contributed by atoms with Gasteiger partial charge in [-0.15, -0.1) is 0 Å². The van der Waals surface area contributed by atoms with Gasteiger partial charge in [0.2, 0.25) is 5.91 Å². The van der Waals surface area contributed by atoms with Gasteiger partial charge < -0.3 is 10.0 Å². The van der Waals surface area contributed by atoms with E-state index >= 15 is 0 Å². The van der Waals surface area contributed by atoms with Gasteiger partial charge in [-0.05, 0) is 30.9 Å². The number of hydrogen-bond donors (Lipinski definition) is 1. The molecule has 1 heterocycles. The number of thioether (sulfide) groups is 1. The minimum Gasteiger partial charge on any atom is -0.396 e. The molecule has 1 rings (SSSR count). The molecular formula is C11H21NO2S. The zero-order chi connectivity index (χ0) is 11.1. The fraction of sp³-hybridized carbons (Fsp3) is 0.909. The molecule has 15 heavy (non-hydrogen) atoms. The van der Waals surface area contributed by atoms with Gasteiger partial charge in [-0.2, -0.15) is 11.8 Å². The predicted molar refractivity (Wildman–Crippen MR) is 64.0 cm³/mol. The average Bonchev–Trinajstić information content (AvgIpc) is 2.24. The Morgan fingerprint density at radius 1 is 1.60 bits per heavy atom. The van der Waals surface area contributed by atoms with Crippen LogP contribution in [0.15, 0.2) is 0 Å². The second-order valence-electron chi connectivity index (χ2n) is 4.22. The molecule has 0 aromatic heterocycles. The molecule has 0 aromatic rings. The predicted octanol–water partition coefficient (Wildman–Crippen LogP) is 1.36. The van der Waals surface area contributed by atoms with Crippen LogP contribution in [0, 0.1) is 5.92 Å². The normalized spacial score (nSPS) is 21.7. The number of aliphatic hydroxyl groups excluding tert-OH is 1. The van der Waals surface area contributed by atoms with Crippen molar-refractivity contribution in [3.05, 3.63) is 0 Å². The Kier molecular flexibility index (Phi) is 6.10. The maximum absolute atomic E-state index is 11.7. The lowest BCUT2D eigenvalue weighted by Crippen LogP contribution is -2.40. The Labute approximate surface area is 96.2 Å². The number of aliphatic hydroxyl groups is 1. The minimum absolute atomic E-state index is 0.224. The van der Waals surface area contributed by atoms with Gasteiger partial charge in [0, 0.05) is 19.7 Å². The molecule has 0 bridgehead atoms. The lowest BCUT2D eigenvalue weighted by molar-refractivity contribution is -0.130. The van der Waals surface area contributed by atoms with E-state index in [1.165, 1.54) is 6.42 Å². The van der Waals surface area contributed by atoms with Crippen molar-refractivity contribution in [3.63, 3.8) is 0 Å². The number of rotatable bonds is 5. The minimum atomic E-state index is 0.224. The van der Waals surface area contributed by atoms with Gasteiger partial charge in [0.05, 0.1) is 5.75 Å². The van der Waals surface area contributed by atoms with Gasteiger partial charge >= 0.3 is 0 Å². The van der Waals surface area contributed by atoms with E-state index in [1.54, 1.807) is 11.8 Å². The summed E-state index contributed by atoms with van der Waals surface area (Å²) in [5.41, 5.74) is 0. The van der Waals surface area contributed by atoms with Gasteiger partial charge in [0.25, 0.3) is 0 Å². The van der Waals surface area contributed by atoms with Crippen LogP contribution in [0.4, 0.5) is 0 Å². The molecule has 1 N–H and O–H groups in total. The summed E-state index contributed by atoms with van der Waals surface area (Å²) in [4.78, 5) is 13.7. The van der Waals surface area contributed by atoms with Crippen LogP contribution in [0.5, 0.6) is 0 Å². The molecular weight excluding hydrogens is 210 g/mol. The number of likely N-dealkylation sites (tertiary alicyclic amines) is 1. The first kappa shape index (κ1) is 12.8. The Bertz CT molecular complexity index is 199. The topological polar surface area (TPSA) is 40.5 Å². The molecule has 4 heteroatoms. The highest BCUT2D eigenvalue weighted by Crippen LogP contribution is 2.16. The highest BCUT2D eigenvalue weighted by atomic mass is 32.2. The Morgan fingerprint density at radius 2 is 2.40 bits per heavy atom. The molecule has 1 saturated heterocycles. The van der Waals surface area contributed by atoms with Gasteiger partial charge in [0.1, 0.15) is 0 Å². The summed E-state index contributed by atoms with van der Waals surface area (Å²) in [6, 6.07) is 0. The van der Waals surface area contributed by atoms with E-state index in [2.05, 4.69) is 6.92 Å². The molecule has 0 radical (unpaired) electrons. The quantitative estimate of drug-likeness (QED) is 0.726. The van der Waals surface area contributed by atoms with Gasteiger partial charge in [-0.3, -0.25) is 4.79 Å². The third kappa shape index (κ3) is 4.89. The lowest BCUT2D eigenvalue weighted by atomic mass is 10.0. The molecule has 1 unspecified atom stereocenters. The van der Waals surface area contributed by atoms with E-state index < -0.39 is 0 Å². The van der Waals surface area contributed by atoms with Crippen LogP contribution >= 0.6 is 11.8 Å². The molecule has 1 aliphatic heterocycles. The maximum Gasteiger partial charge on any atom is 0.232 e. The van der Waals surface area contributed by atoms with Crippen LogP contribution in [-0.4, -0.2) is 47.1 Å². The van der Waals surface area contributed by atoms with Crippen molar-refractivity contribution >= 4 is 17.7 Å². The fourth-order valence-corrected chi connectivity index (χ4v) is 2.67. The number of amides is 1. The van der Waals surface area contributed by atoms with Crippen LogP contribution < -0.4 is 0 Å². The monoisotopic (exact) mass is 231 g/mol. The van der Waals surface area contributed by atoms with Crippen LogP contribution in [0.25, 0.3) is 0 Å². The summed E-state index contributed by atoms with van der Waals surface area (Å²) >= 11 is 1.63. The van der Waals surface area contributed by atoms with Crippen molar-refractivity contribution in [2.45, 2.75) is 26.2 Å². The van der Waals surface area contributed by atoms with Crippen LogP contribution in [0.1, 0.15) is 26.2 Å². The highest BCUT2D eigenvalue weighted by molar-refractivity contribution is 7.99. The molecule has 3 nitrogen and oxygen atoms in total. The standard InChI is InChI=1S/C11H21NO2S/c1-10-4-2-5-12(8-10)11(14)9-15-7-3-6-13/h10,13H,2-9H2,1H3. The highest BCUT2D eigenvalue weighted by Gasteiger charge is 2.20. The van der Waals surface area contributed by atoms with Crippen molar-refractivity contribution in [3.8, 4) is 0 Å². The summed E-state index contributed by atoms with van der Waals surface area (Å²) in [5, 5.41) is 8.61. The Morgan fingerprint density at radius 3 is 3.07 bits per heavy atom.